The molecule has 0 radical (unpaired) electrons. The number of hydrogen-bond donors (Lipinski definition) is 1. The Labute approximate surface area is 43.7 Å². The Bertz CT molecular complexity index is 159. The third kappa shape index (κ3) is 2.36. The van der Waals surface area contributed by atoms with Crippen molar-refractivity contribution >= 4 is 15.2 Å². The third-order valence-electron chi connectivity index (χ3n) is 0.572. The van der Waals surface area contributed by atoms with Crippen molar-refractivity contribution in [1.29, 1.82) is 0 Å². The highest BCUT2D eigenvalue weighted by molar-refractivity contribution is 7.73. The van der Waals surface area contributed by atoms with Gasteiger partial charge in [-0.3, -0.25) is 0 Å². The van der Waals surface area contributed by atoms with Gasteiger partial charge in [0.2, 0.25) is 10.3 Å². The van der Waals surface area contributed by atoms with Gasteiger partial charge in [0.15, 0.2) is 0 Å². The van der Waals surface area contributed by atoms with E-state index in [0.29, 0.717) is 4.86 Å². The maximum Gasteiger partial charge on any atom is 0.214 e. The smallest absolute Gasteiger partial charge is 0.214 e. The van der Waals surface area contributed by atoms with Crippen molar-refractivity contribution in [2.75, 3.05) is 6.54 Å². The zero-order chi connectivity index (χ0) is 5.86. The lowest BCUT2D eigenvalue weighted by atomic mass is 10.5. The van der Waals surface area contributed by atoms with E-state index in [4.69, 9.17) is 5.73 Å². The number of hydrogen-bond acceptors (Lipinski definition) is 3. The van der Waals surface area contributed by atoms with E-state index in [1.165, 1.54) is 6.92 Å². The molecular formula is C3H7NO2S. The van der Waals surface area contributed by atoms with Crippen LogP contribution in [0.15, 0.2) is 0 Å². The molecule has 2 N–H and O–H groups in total. The second-order valence-corrected chi connectivity index (χ2v) is 2.31. The van der Waals surface area contributed by atoms with Gasteiger partial charge in [0.05, 0.1) is 4.86 Å². The van der Waals surface area contributed by atoms with Gasteiger partial charge >= 0.3 is 0 Å². The minimum absolute atomic E-state index is 0.121. The maximum absolute atomic E-state index is 9.81. The molecule has 4 heteroatoms. The number of nitrogens with two attached hydrogens (primary N) is 1. The summed E-state index contributed by atoms with van der Waals surface area (Å²) >= 11 is 0. The van der Waals surface area contributed by atoms with Gasteiger partial charge in [-0.1, -0.05) is 0 Å². The van der Waals surface area contributed by atoms with Gasteiger partial charge in [0.25, 0.3) is 0 Å². The lowest BCUT2D eigenvalue weighted by Crippen LogP contribution is -2.09. The molecule has 0 heterocycles. The van der Waals surface area contributed by atoms with Gasteiger partial charge < -0.3 is 5.73 Å². The van der Waals surface area contributed by atoms with Crippen LogP contribution in [0.3, 0.4) is 0 Å². The minimum atomic E-state index is -2.07. The van der Waals surface area contributed by atoms with Crippen molar-refractivity contribution in [2.45, 2.75) is 6.92 Å². The standard InChI is InChI=1S/C3H7NO2S/c1-3(2-4)7(5)6/h2,4H2,1H3. The second kappa shape index (κ2) is 2.76. The molecule has 0 aliphatic heterocycles. The molecule has 0 fully saturated rings. The Balaban J connectivity index is 4.33. The van der Waals surface area contributed by atoms with Crippen LogP contribution in [0.25, 0.3) is 0 Å². The molecule has 42 valence electrons. The molecule has 3 nitrogen and oxygen atoms in total. The maximum atomic E-state index is 9.81. The highest BCUT2D eigenvalue weighted by Gasteiger charge is 1.82. The third-order valence-corrected chi connectivity index (χ3v) is 1.31. The molecule has 0 aliphatic carbocycles. The zero-order valence-electron chi connectivity index (χ0n) is 4.01. The molecule has 7 heavy (non-hydrogen) atoms. The first-order valence-corrected chi connectivity index (χ1v) is 2.87. The van der Waals surface area contributed by atoms with Crippen molar-refractivity contribution in [3.63, 3.8) is 0 Å². The molecule has 0 unspecified atom stereocenters. The summed E-state index contributed by atoms with van der Waals surface area (Å²) in [5.74, 6) is 0. The fraction of sp³-hybridized carbons (Fsp3) is 0.667. The van der Waals surface area contributed by atoms with Crippen LogP contribution in [0.2, 0.25) is 0 Å². The van der Waals surface area contributed by atoms with Crippen molar-refractivity contribution in [1.82, 2.24) is 0 Å². The van der Waals surface area contributed by atoms with Gasteiger partial charge in [-0.2, -0.15) is 8.42 Å². The predicted octanol–water partition coefficient (Wildman–Crippen LogP) is -0.984. The van der Waals surface area contributed by atoms with Crippen LogP contribution in [-0.2, 0) is 10.3 Å². The van der Waals surface area contributed by atoms with E-state index in [0.717, 1.165) is 0 Å². The van der Waals surface area contributed by atoms with Crippen LogP contribution in [0.4, 0.5) is 0 Å². The molecule has 0 atom stereocenters. The first kappa shape index (κ1) is 6.65. The number of rotatable bonds is 1. The van der Waals surface area contributed by atoms with Gasteiger partial charge in [-0.25, -0.2) is 0 Å². The van der Waals surface area contributed by atoms with Crippen molar-refractivity contribution in [3.05, 3.63) is 0 Å². The van der Waals surface area contributed by atoms with E-state index in [9.17, 15) is 8.42 Å². The molecule has 0 aliphatic rings. The Morgan fingerprint density at radius 1 is 1.71 bits per heavy atom. The predicted molar refractivity (Wildman–Crippen MR) is 28.7 cm³/mol. The largest absolute Gasteiger partial charge is 0.326 e. The molecule has 0 bridgehead atoms. The molecule has 0 rings (SSSR count). The van der Waals surface area contributed by atoms with Gasteiger partial charge in [-0.05, 0) is 6.92 Å². The van der Waals surface area contributed by atoms with E-state index in [-0.39, 0.29) is 6.54 Å². The SMILES string of the molecule is CC(CN)=S(=O)=O. The summed E-state index contributed by atoms with van der Waals surface area (Å²) in [6, 6.07) is 0. The van der Waals surface area contributed by atoms with Crippen molar-refractivity contribution < 1.29 is 8.42 Å². The van der Waals surface area contributed by atoms with Gasteiger partial charge in [0, 0.05) is 6.54 Å². The highest BCUT2D eigenvalue weighted by atomic mass is 32.2. The summed E-state index contributed by atoms with van der Waals surface area (Å²) in [5, 5.41) is 0. The van der Waals surface area contributed by atoms with Crippen LogP contribution in [-0.4, -0.2) is 19.8 Å². The summed E-state index contributed by atoms with van der Waals surface area (Å²) in [6.45, 7) is 1.60. The summed E-state index contributed by atoms with van der Waals surface area (Å²) in [4.78, 5) is 0.292. The summed E-state index contributed by atoms with van der Waals surface area (Å²) < 4.78 is 19.6. The summed E-state index contributed by atoms with van der Waals surface area (Å²) in [5.41, 5.74) is 4.94. The zero-order valence-corrected chi connectivity index (χ0v) is 4.83. The molecular weight excluding hydrogens is 114 g/mol. The van der Waals surface area contributed by atoms with Gasteiger partial charge in [0.1, 0.15) is 0 Å². The van der Waals surface area contributed by atoms with Crippen molar-refractivity contribution in [2.24, 2.45) is 5.73 Å². The Hall–Kier alpha value is -0.350. The molecule has 0 aromatic carbocycles. The Morgan fingerprint density at radius 2 is 2.14 bits per heavy atom. The fourth-order valence-electron chi connectivity index (χ4n) is 0.0680. The lowest BCUT2D eigenvalue weighted by molar-refractivity contribution is 0.626. The molecule has 0 saturated heterocycles. The molecule has 0 aromatic heterocycles. The molecule has 0 aromatic rings. The highest BCUT2D eigenvalue weighted by Crippen LogP contribution is 1.59. The van der Waals surface area contributed by atoms with Crippen LogP contribution in [0.5, 0.6) is 0 Å². The average molecular weight is 121 g/mol. The van der Waals surface area contributed by atoms with E-state index in [2.05, 4.69) is 0 Å². The van der Waals surface area contributed by atoms with Crippen LogP contribution in [0.1, 0.15) is 6.92 Å². The van der Waals surface area contributed by atoms with E-state index in [1.54, 1.807) is 0 Å². The van der Waals surface area contributed by atoms with Crippen LogP contribution < -0.4 is 5.73 Å². The molecule has 0 spiro atoms. The Morgan fingerprint density at radius 3 is 2.14 bits per heavy atom. The first-order valence-electron chi connectivity index (χ1n) is 1.80. The average Bonchev–Trinajstić information content (AvgIpc) is 1.65. The normalized spacial score (nSPS) is 8.29. The summed E-state index contributed by atoms with van der Waals surface area (Å²) in [7, 11) is -2.07. The van der Waals surface area contributed by atoms with Crippen molar-refractivity contribution in [3.8, 4) is 0 Å². The van der Waals surface area contributed by atoms with E-state index in [1.807, 2.05) is 0 Å². The van der Waals surface area contributed by atoms with E-state index >= 15 is 0 Å². The fourth-order valence-corrected chi connectivity index (χ4v) is 0.204. The monoisotopic (exact) mass is 121 g/mol. The quantitative estimate of drug-likeness (QED) is 0.453. The van der Waals surface area contributed by atoms with Crippen LogP contribution in [0, 0.1) is 0 Å². The molecule has 0 amide bonds. The Kier molecular flexibility index (Phi) is 2.62. The minimum Gasteiger partial charge on any atom is -0.326 e. The van der Waals surface area contributed by atoms with Crippen LogP contribution >= 0.6 is 0 Å². The second-order valence-electron chi connectivity index (χ2n) is 1.14. The molecule has 0 saturated carbocycles. The lowest BCUT2D eigenvalue weighted by Gasteiger charge is -1.78. The van der Waals surface area contributed by atoms with Gasteiger partial charge in [-0.15, -0.1) is 0 Å². The first-order chi connectivity index (χ1) is 3.18. The summed E-state index contributed by atoms with van der Waals surface area (Å²) in [6.07, 6.45) is 0. The topological polar surface area (TPSA) is 60.2 Å². The van der Waals surface area contributed by atoms with E-state index < -0.39 is 10.3 Å².